The van der Waals surface area contributed by atoms with Gasteiger partial charge in [0.05, 0.1) is 6.04 Å². The number of hydrogen-bond acceptors (Lipinski definition) is 4. The van der Waals surface area contributed by atoms with E-state index in [1.165, 1.54) is 25.8 Å². The van der Waals surface area contributed by atoms with Crippen LogP contribution in [0, 0.1) is 0 Å². The lowest BCUT2D eigenvalue weighted by atomic mass is 10.1. The Morgan fingerprint density at radius 1 is 1.28 bits per heavy atom. The Kier molecular flexibility index (Phi) is 12.9. The predicted molar refractivity (Wildman–Crippen MR) is 76.8 cm³/mol. The van der Waals surface area contributed by atoms with E-state index in [1.54, 1.807) is 6.21 Å². The lowest BCUT2D eigenvalue weighted by molar-refractivity contribution is -0.123. The van der Waals surface area contributed by atoms with E-state index in [1.807, 2.05) is 13.1 Å². The molecule has 0 bridgehead atoms. The van der Waals surface area contributed by atoms with E-state index >= 15 is 0 Å². The van der Waals surface area contributed by atoms with Gasteiger partial charge in [-0.25, -0.2) is 0 Å². The monoisotopic (exact) mass is 254 g/mol. The Morgan fingerprint density at radius 2 is 1.83 bits per heavy atom. The fraction of sp³-hybridized carbons (Fsp3) is 0.643. The van der Waals surface area contributed by atoms with Crippen LogP contribution in [0.1, 0.15) is 53.9 Å². The predicted octanol–water partition coefficient (Wildman–Crippen LogP) is 2.66. The molecule has 1 atom stereocenters. The zero-order valence-electron chi connectivity index (χ0n) is 12.2. The molecule has 0 saturated carbocycles. The summed E-state index contributed by atoms with van der Waals surface area (Å²) in [7, 11) is 0. The number of rotatable bonds is 6. The van der Waals surface area contributed by atoms with Gasteiger partial charge >= 0.3 is 0 Å². The highest BCUT2D eigenvalue weighted by atomic mass is 16.1. The van der Waals surface area contributed by atoms with Gasteiger partial charge < -0.3 is 5.73 Å². The number of Topliss-reactive ketones (excluding diaryl/α,β-unsaturated/α-hetero) is 2. The fourth-order valence-electron chi connectivity index (χ4n) is 1.11. The first kappa shape index (κ1) is 19.1. The molecule has 0 aliphatic rings. The molecular weight excluding hydrogens is 228 g/mol. The van der Waals surface area contributed by atoms with Crippen LogP contribution in [0.5, 0.6) is 0 Å². The lowest BCUT2D eigenvalue weighted by Crippen LogP contribution is -2.30. The van der Waals surface area contributed by atoms with E-state index in [-0.39, 0.29) is 18.0 Å². The molecule has 4 nitrogen and oxygen atoms in total. The van der Waals surface area contributed by atoms with Crippen LogP contribution in [0.25, 0.3) is 0 Å². The van der Waals surface area contributed by atoms with Crippen LogP contribution in [0.3, 0.4) is 0 Å². The van der Waals surface area contributed by atoms with Crippen LogP contribution in [0.2, 0.25) is 0 Å². The minimum absolute atomic E-state index is 0.0438. The number of hydrogen-bond donors (Lipinski definition) is 1. The second kappa shape index (κ2) is 12.2. The molecule has 0 fully saturated rings. The van der Waals surface area contributed by atoms with Gasteiger partial charge in [-0.15, -0.1) is 0 Å². The molecule has 0 spiro atoms. The summed E-state index contributed by atoms with van der Waals surface area (Å²) in [6.07, 6.45) is 6.26. The molecule has 0 aromatic heterocycles. The summed E-state index contributed by atoms with van der Waals surface area (Å²) in [5.41, 5.74) is 6.60. The molecule has 18 heavy (non-hydrogen) atoms. The summed E-state index contributed by atoms with van der Waals surface area (Å²) in [6.45, 7) is 9.01. The largest absolute Gasteiger partial charge is 0.321 e. The fourth-order valence-corrected chi connectivity index (χ4v) is 1.11. The molecule has 0 aromatic carbocycles. The van der Waals surface area contributed by atoms with E-state index in [2.05, 4.69) is 18.8 Å². The van der Waals surface area contributed by atoms with Gasteiger partial charge in [0.2, 0.25) is 0 Å². The van der Waals surface area contributed by atoms with E-state index in [4.69, 9.17) is 5.73 Å². The molecule has 0 aromatic rings. The van der Waals surface area contributed by atoms with Gasteiger partial charge in [0.25, 0.3) is 0 Å². The topological polar surface area (TPSA) is 72.5 Å². The van der Waals surface area contributed by atoms with Gasteiger partial charge in [0, 0.05) is 18.8 Å². The first-order valence-electron chi connectivity index (χ1n) is 6.24. The molecule has 0 heterocycles. The molecule has 0 aliphatic carbocycles. The van der Waals surface area contributed by atoms with Gasteiger partial charge in [0.1, 0.15) is 11.6 Å². The smallest absolute Gasteiger partial charge is 0.146 e. The zero-order valence-corrected chi connectivity index (χ0v) is 12.2. The molecule has 0 saturated heterocycles. The zero-order chi connectivity index (χ0) is 14.6. The highest BCUT2D eigenvalue weighted by molar-refractivity contribution is 5.87. The third-order valence-corrected chi connectivity index (χ3v) is 2.12. The molecule has 1 unspecified atom stereocenters. The van der Waals surface area contributed by atoms with Gasteiger partial charge in [-0.2, -0.15) is 0 Å². The number of nitrogens with zero attached hydrogens (tertiary/aromatic N) is 1. The van der Waals surface area contributed by atoms with E-state index in [0.717, 1.165) is 6.42 Å². The number of carbonyl (C=O) groups is 2. The molecule has 4 heteroatoms. The molecule has 0 radical (unpaired) electrons. The quantitative estimate of drug-likeness (QED) is 0.741. The third kappa shape index (κ3) is 14.7. The average molecular weight is 254 g/mol. The van der Waals surface area contributed by atoms with Crippen molar-refractivity contribution in [2.24, 2.45) is 10.7 Å². The summed E-state index contributed by atoms with van der Waals surface area (Å²) in [5, 5.41) is 0. The maximum atomic E-state index is 10.4. The molecule has 0 aliphatic heterocycles. The number of aliphatic imine (C=N–C) groups is 1. The van der Waals surface area contributed by atoms with Crippen LogP contribution < -0.4 is 5.73 Å². The van der Waals surface area contributed by atoms with E-state index in [9.17, 15) is 9.59 Å². The lowest BCUT2D eigenvalue weighted by Gasteiger charge is -2.01. The van der Waals surface area contributed by atoms with Gasteiger partial charge in [-0.05, 0) is 34.1 Å². The maximum Gasteiger partial charge on any atom is 0.146 e. The maximum absolute atomic E-state index is 10.4. The van der Waals surface area contributed by atoms with E-state index in [0.29, 0.717) is 0 Å². The minimum atomic E-state index is -0.595. The molecule has 104 valence electrons. The Hall–Kier alpha value is -1.29. The van der Waals surface area contributed by atoms with Crippen molar-refractivity contribution in [1.82, 2.24) is 0 Å². The number of allylic oxidation sites excluding steroid dienone is 1. The summed E-state index contributed by atoms with van der Waals surface area (Å²) in [5.74, 6) is -0.178. The van der Waals surface area contributed by atoms with Crippen LogP contribution in [0.4, 0.5) is 0 Å². The van der Waals surface area contributed by atoms with Crippen LogP contribution in [-0.4, -0.2) is 23.8 Å². The van der Waals surface area contributed by atoms with Crippen molar-refractivity contribution in [1.29, 1.82) is 0 Å². The van der Waals surface area contributed by atoms with Crippen molar-refractivity contribution < 1.29 is 9.59 Å². The summed E-state index contributed by atoms with van der Waals surface area (Å²) in [4.78, 5) is 24.7. The van der Waals surface area contributed by atoms with Gasteiger partial charge in [-0.1, -0.05) is 18.9 Å². The Balaban J connectivity index is 0. The second-order valence-corrected chi connectivity index (χ2v) is 4.26. The molecular formula is C14H26N2O2. The highest BCUT2D eigenvalue weighted by Gasteiger charge is 2.09. The Bertz CT molecular complexity index is 307. The number of ketones is 2. The minimum Gasteiger partial charge on any atom is -0.321 e. The summed E-state index contributed by atoms with van der Waals surface area (Å²) in [6, 6.07) is -0.595. The van der Waals surface area contributed by atoms with Crippen molar-refractivity contribution in [2.45, 2.75) is 59.9 Å². The number of nitrogens with two attached hydrogens (primary N) is 1. The standard InChI is InChI=1S/C8H15N.C6H11NO2/c1-4-6-8(3)7-9-5-2;1-4(8)3-6(7)5(2)9/h5,7H,4,6H2,1-3H3;6H,3,7H2,1-2H3/b8-7+,9-5?;. The van der Waals surface area contributed by atoms with Crippen molar-refractivity contribution in [3.8, 4) is 0 Å². The van der Waals surface area contributed by atoms with Crippen molar-refractivity contribution >= 4 is 17.8 Å². The van der Waals surface area contributed by atoms with Gasteiger partial charge in [0.15, 0.2) is 0 Å². The van der Waals surface area contributed by atoms with Crippen molar-refractivity contribution in [3.63, 3.8) is 0 Å². The number of carbonyl (C=O) groups excluding carboxylic acids is 2. The Labute approximate surface area is 110 Å². The van der Waals surface area contributed by atoms with Crippen LogP contribution in [0.15, 0.2) is 16.8 Å². The molecule has 0 amide bonds. The van der Waals surface area contributed by atoms with Crippen LogP contribution in [-0.2, 0) is 9.59 Å². The first-order chi connectivity index (χ1) is 8.34. The van der Waals surface area contributed by atoms with Crippen molar-refractivity contribution in [3.05, 3.63) is 11.8 Å². The summed E-state index contributed by atoms with van der Waals surface area (Å²) >= 11 is 0. The molecule has 0 rings (SSSR count). The average Bonchev–Trinajstić information content (AvgIpc) is 2.26. The molecule has 2 N–H and O–H groups in total. The van der Waals surface area contributed by atoms with Crippen molar-refractivity contribution in [2.75, 3.05) is 0 Å². The SMILES string of the molecule is CC(=O)CC(N)C(C)=O.CC=N/C=C(\C)CCC. The second-order valence-electron chi connectivity index (χ2n) is 4.26. The highest BCUT2D eigenvalue weighted by Crippen LogP contribution is 2.01. The summed E-state index contributed by atoms with van der Waals surface area (Å²) < 4.78 is 0. The Morgan fingerprint density at radius 3 is 2.11 bits per heavy atom. The van der Waals surface area contributed by atoms with Gasteiger partial charge in [-0.3, -0.25) is 14.6 Å². The third-order valence-electron chi connectivity index (χ3n) is 2.12. The normalized spacial score (nSPS) is 12.9. The van der Waals surface area contributed by atoms with Crippen LogP contribution >= 0.6 is 0 Å². The first-order valence-corrected chi connectivity index (χ1v) is 6.24. The van der Waals surface area contributed by atoms with E-state index < -0.39 is 6.04 Å².